The molecule has 0 aliphatic carbocycles. The van der Waals surface area contributed by atoms with Crippen LogP contribution in [0.3, 0.4) is 0 Å². The minimum atomic E-state index is -0.204. The third kappa shape index (κ3) is 4.47. The number of fused-ring (bicyclic) bond motifs is 3. The SMILES string of the molecule is O=C(Nc1ccc2c(c1)CN(C(=O)c1ccc3nc(CO)[nH]c3c1)CC2)c1ccc2cncc(Br)c2c1. The summed E-state index contributed by atoms with van der Waals surface area (Å²) in [7, 11) is 0. The van der Waals surface area contributed by atoms with Gasteiger partial charge in [0.15, 0.2) is 0 Å². The molecule has 0 spiro atoms. The summed E-state index contributed by atoms with van der Waals surface area (Å²) in [6.45, 7) is 0.883. The van der Waals surface area contributed by atoms with E-state index in [2.05, 4.69) is 36.2 Å². The van der Waals surface area contributed by atoms with Crippen molar-refractivity contribution in [1.29, 1.82) is 0 Å². The number of carbonyl (C=O) groups is 2. The van der Waals surface area contributed by atoms with Crippen molar-refractivity contribution in [2.75, 3.05) is 11.9 Å². The van der Waals surface area contributed by atoms with Gasteiger partial charge in [-0.25, -0.2) is 4.98 Å². The first kappa shape index (κ1) is 23.3. The molecule has 2 amide bonds. The van der Waals surface area contributed by atoms with Crippen molar-refractivity contribution in [2.45, 2.75) is 19.6 Å². The van der Waals surface area contributed by atoms with Gasteiger partial charge in [0, 0.05) is 52.2 Å². The summed E-state index contributed by atoms with van der Waals surface area (Å²) in [6.07, 6.45) is 4.21. The van der Waals surface area contributed by atoms with Gasteiger partial charge >= 0.3 is 0 Å². The van der Waals surface area contributed by atoms with Crippen LogP contribution >= 0.6 is 15.9 Å². The van der Waals surface area contributed by atoms with Crippen molar-refractivity contribution in [3.63, 3.8) is 0 Å². The van der Waals surface area contributed by atoms with Gasteiger partial charge in [-0.3, -0.25) is 14.6 Å². The van der Waals surface area contributed by atoms with Crippen LogP contribution in [0.2, 0.25) is 0 Å². The smallest absolute Gasteiger partial charge is 0.255 e. The molecule has 0 fully saturated rings. The third-order valence-electron chi connectivity index (χ3n) is 6.67. The number of H-pyrrole nitrogens is 1. The number of aromatic amines is 1. The number of nitrogens with zero attached hydrogens (tertiary/aromatic N) is 3. The predicted molar refractivity (Wildman–Crippen MR) is 144 cm³/mol. The molecule has 0 saturated carbocycles. The maximum absolute atomic E-state index is 13.3. The maximum atomic E-state index is 13.3. The summed E-state index contributed by atoms with van der Waals surface area (Å²) in [5.74, 6) is 0.192. The average Bonchev–Trinajstić information content (AvgIpc) is 3.35. The van der Waals surface area contributed by atoms with Crippen molar-refractivity contribution < 1.29 is 14.7 Å². The number of hydrogen-bond donors (Lipinski definition) is 3. The topological polar surface area (TPSA) is 111 Å². The summed E-state index contributed by atoms with van der Waals surface area (Å²) in [6, 6.07) is 16.7. The van der Waals surface area contributed by atoms with Gasteiger partial charge in [-0.1, -0.05) is 12.1 Å². The number of amides is 2. The maximum Gasteiger partial charge on any atom is 0.255 e. The molecule has 3 heterocycles. The Balaban J connectivity index is 1.20. The van der Waals surface area contributed by atoms with Gasteiger partial charge in [0.25, 0.3) is 11.8 Å². The highest BCUT2D eigenvalue weighted by Crippen LogP contribution is 2.27. The molecule has 3 aromatic carbocycles. The van der Waals surface area contributed by atoms with E-state index < -0.39 is 0 Å². The summed E-state index contributed by atoms with van der Waals surface area (Å²) >= 11 is 3.50. The lowest BCUT2D eigenvalue weighted by Crippen LogP contribution is -2.36. The van der Waals surface area contributed by atoms with Gasteiger partial charge in [-0.15, -0.1) is 0 Å². The molecule has 0 atom stereocenters. The lowest BCUT2D eigenvalue weighted by atomic mass is 9.98. The van der Waals surface area contributed by atoms with E-state index in [-0.39, 0.29) is 18.4 Å². The molecule has 0 saturated heterocycles. The first-order valence-electron chi connectivity index (χ1n) is 11.8. The molecule has 1 aliphatic heterocycles. The zero-order chi connectivity index (χ0) is 25.5. The van der Waals surface area contributed by atoms with Crippen LogP contribution in [0.4, 0.5) is 5.69 Å². The van der Waals surface area contributed by atoms with E-state index in [4.69, 9.17) is 0 Å². The molecule has 2 aromatic heterocycles. The van der Waals surface area contributed by atoms with Gasteiger partial charge in [0.05, 0.1) is 11.0 Å². The van der Waals surface area contributed by atoms with Gasteiger partial charge in [-0.2, -0.15) is 0 Å². The lowest BCUT2D eigenvalue weighted by Gasteiger charge is -2.29. The summed E-state index contributed by atoms with van der Waals surface area (Å²) in [5.41, 5.74) is 5.39. The number of aliphatic hydroxyl groups is 1. The van der Waals surface area contributed by atoms with Crippen molar-refractivity contribution >= 4 is 55.2 Å². The second-order valence-corrected chi connectivity index (χ2v) is 9.90. The van der Waals surface area contributed by atoms with Gasteiger partial charge in [-0.05, 0) is 81.3 Å². The molecular formula is C28H22BrN5O3. The largest absolute Gasteiger partial charge is 0.388 e. The number of aromatic nitrogens is 3. The number of hydrogen-bond acceptors (Lipinski definition) is 5. The Morgan fingerprint density at radius 3 is 2.76 bits per heavy atom. The molecule has 0 radical (unpaired) electrons. The summed E-state index contributed by atoms with van der Waals surface area (Å²) < 4.78 is 0.832. The van der Waals surface area contributed by atoms with Crippen LogP contribution in [-0.4, -0.2) is 43.3 Å². The van der Waals surface area contributed by atoms with Crippen LogP contribution in [0.5, 0.6) is 0 Å². The number of anilines is 1. The molecule has 184 valence electrons. The Labute approximate surface area is 220 Å². The quantitative estimate of drug-likeness (QED) is 0.294. The van der Waals surface area contributed by atoms with Crippen LogP contribution in [0.15, 0.2) is 71.5 Å². The lowest BCUT2D eigenvalue weighted by molar-refractivity contribution is 0.0734. The van der Waals surface area contributed by atoms with Gasteiger partial charge in [0.2, 0.25) is 0 Å². The standard InChI is InChI=1S/C28H22BrN5O3/c29-23-13-30-12-19-2-1-17(10-22(19)23)27(36)31-21-5-3-16-7-8-34(14-20(16)9-21)28(37)18-4-6-24-25(11-18)33-26(15-35)32-24/h1-6,9-13,35H,7-8,14-15H2,(H,31,36)(H,32,33). The summed E-state index contributed by atoms with van der Waals surface area (Å²) in [4.78, 5) is 39.6. The van der Waals surface area contributed by atoms with Crippen molar-refractivity contribution in [3.05, 3.63) is 99.5 Å². The molecule has 8 nitrogen and oxygen atoms in total. The molecule has 5 aromatic rings. The first-order chi connectivity index (χ1) is 18.0. The Morgan fingerprint density at radius 2 is 1.89 bits per heavy atom. The van der Waals surface area contributed by atoms with Crippen molar-refractivity contribution in [3.8, 4) is 0 Å². The number of rotatable bonds is 4. The van der Waals surface area contributed by atoms with Crippen LogP contribution < -0.4 is 5.32 Å². The normalized spacial score (nSPS) is 13.1. The Hall–Kier alpha value is -4.08. The van der Waals surface area contributed by atoms with E-state index in [0.717, 1.165) is 27.2 Å². The monoisotopic (exact) mass is 555 g/mol. The van der Waals surface area contributed by atoms with E-state index in [1.54, 1.807) is 36.7 Å². The van der Waals surface area contributed by atoms with E-state index in [1.165, 1.54) is 5.56 Å². The van der Waals surface area contributed by atoms with Gasteiger partial charge in [0.1, 0.15) is 12.4 Å². The Morgan fingerprint density at radius 1 is 1.03 bits per heavy atom. The Kier molecular flexibility index (Phi) is 5.94. The molecule has 0 unspecified atom stereocenters. The zero-order valence-electron chi connectivity index (χ0n) is 19.7. The minimum Gasteiger partial charge on any atom is -0.388 e. The molecule has 0 bridgehead atoms. The minimum absolute atomic E-state index is 0.0710. The van der Waals surface area contributed by atoms with Crippen LogP contribution in [-0.2, 0) is 19.6 Å². The first-order valence-corrected chi connectivity index (χ1v) is 12.6. The van der Waals surface area contributed by atoms with Crippen molar-refractivity contribution in [1.82, 2.24) is 19.9 Å². The second kappa shape index (κ2) is 9.42. The molecule has 37 heavy (non-hydrogen) atoms. The molecule has 1 aliphatic rings. The number of pyridine rings is 1. The number of halogens is 1. The molecule has 3 N–H and O–H groups in total. The van der Waals surface area contributed by atoms with Crippen LogP contribution in [0.1, 0.15) is 37.7 Å². The highest BCUT2D eigenvalue weighted by atomic mass is 79.9. The van der Waals surface area contributed by atoms with E-state index in [1.807, 2.05) is 35.2 Å². The number of aliphatic hydroxyl groups excluding tert-OH is 1. The highest BCUT2D eigenvalue weighted by Gasteiger charge is 2.23. The van der Waals surface area contributed by atoms with Gasteiger partial charge < -0.3 is 20.3 Å². The highest BCUT2D eigenvalue weighted by molar-refractivity contribution is 9.10. The van der Waals surface area contributed by atoms with E-state index in [0.29, 0.717) is 46.8 Å². The molecule has 9 heteroatoms. The number of nitrogens with one attached hydrogen (secondary N) is 2. The fourth-order valence-corrected chi connectivity index (χ4v) is 5.20. The number of carbonyl (C=O) groups excluding carboxylic acids is 2. The predicted octanol–water partition coefficient (Wildman–Crippen LogP) is 4.82. The van der Waals surface area contributed by atoms with Crippen molar-refractivity contribution in [2.24, 2.45) is 0 Å². The third-order valence-corrected chi connectivity index (χ3v) is 7.30. The second-order valence-electron chi connectivity index (χ2n) is 9.05. The zero-order valence-corrected chi connectivity index (χ0v) is 21.2. The molecular weight excluding hydrogens is 534 g/mol. The van der Waals surface area contributed by atoms with Crippen LogP contribution in [0.25, 0.3) is 21.8 Å². The Bertz CT molecular complexity index is 1700. The molecule has 6 rings (SSSR count). The van der Waals surface area contributed by atoms with E-state index >= 15 is 0 Å². The van der Waals surface area contributed by atoms with Crippen LogP contribution in [0, 0.1) is 0 Å². The summed E-state index contributed by atoms with van der Waals surface area (Å²) in [5, 5.41) is 14.2. The number of benzene rings is 3. The average molecular weight is 556 g/mol. The number of imidazole rings is 1. The fraction of sp³-hybridized carbons (Fsp3) is 0.143. The fourth-order valence-electron chi connectivity index (χ4n) is 4.73. The van der Waals surface area contributed by atoms with E-state index in [9.17, 15) is 14.7 Å².